The summed E-state index contributed by atoms with van der Waals surface area (Å²) >= 11 is 2.17. The smallest absolute Gasteiger partial charge is 0.243 e. The summed E-state index contributed by atoms with van der Waals surface area (Å²) in [4.78, 5) is 12.8. The zero-order valence-corrected chi connectivity index (χ0v) is 15.8. The van der Waals surface area contributed by atoms with Gasteiger partial charge in [-0.2, -0.15) is 4.31 Å². The van der Waals surface area contributed by atoms with Gasteiger partial charge in [-0.25, -0.2) is 8.42 Å². The van der Waals surface area contributed by atoms with Crippen molar-refractivity contribution in [3.63, 3.8) is 0 Å². The highest BCUT2D eigenvalue weighted by atomic mass is 127. The van der Waals surface area contributed by atoms with Gasteiger partial charge in [-0.3, -0.25) is 4.79 Å². The predicted octanol–water partition coefficient (Wildman–Crippen LogP) is 3.08. The monoisotopic (exact) mass is 456 g/mol. The second kappa shape index (κ2) is 7.20. The van der Waals surface area contributed by atoms with Crippen molar-refractivity contribution in [1.82, 2.24) is 4.31 Å². The van der Waals surface area contributed by atoms with E-state index in [0.717, 1.165) is 3.57 Å². The molecule has 1 aliphatic heterocycles. The zero-order valence-electron chi connectivity index (χ0n) is 12.9. The first-order valence-electron chi connectivity index (χ1n) is 7.62. The molecule has 0 aromatic heterocycles. The molecule has 1 N–H and O–H groups in total. The molecule has 2 aromatic rings. The first-order valence-corrected chi connectivity index (χ1v) is 10.1. The number of rotatable bonds is 4. The Morgan fingerprint density at radius 2 is 1.88 bits per heavy atom. The lowest BCUT2D eigenvalue weighted by molar-refractivity contribution is -0.119. The molecule has 1 fully saturated rings. The molecule has 2 aromatic carbocycles. The average Bonchev–Trinajstić information content (AvgIpc) is 3.06. The van der Waals surface area contributed by atoms with Crippen LogP contribution in [0.2, 0.25) is 0 Å². The van der Waals surface area contributed by atoms with Gasteiger partial charge < -0.3 is 5.32 Å². The van der Waals surface area contributed by atoms with Gasteiger partial charge in [-0.15, -0.1) is 0 Å². The van der Waals surface area contributed by atoms with Crippen LogP contribution in [0, 0.1) is 3.57 Å². The van der Waals surface area contributed by atoms with E-state index in [1.165, 1.54) is 4.31 Å². The van der Waals surface area contributed by atoms with Gasteiger partial charge in [0.1, 0.15) is 6.04 Å². The lowest BCUT2D eigenvalue weighted by atomic mass is 10.2. The molecule has 0 saturated carbocycles. The Labute approximate surface area is 155 Å². The number of sulfonamides is 1. The van der Waals surface area contributed by atoms with E-state index in [9.17, 15) is 13.2 Å². The third-order valence-electron chi connectivity index (χ3n) is 3.95. The number of amides is 1. The maximum atomic E-state index is 12.8. The summed E-state index contributed by atoms with van der Waals surface area (Å²) in [5, 5.41) is 2.83. The fourth-order valence-corrected chi connectivity index (χ4v) is 5.03. The molecule has 24 heavy (non-hydrogen) atoms. The van der Waals surface area contributed by atoms with Gasteiger partial charge in [0.05, 0.1) is 4.90 Å². The van der Waals surface area contributed by atoms with Gasteiger partial charge in [0, 0.05) is 15.8 Å². The molecule has 1 unspecified atom stereocenters. The molecule has 5 nitrogen and oxygen atoms in total. The molecule has 0 radical (unpaired) electrons. The van der Waals surface area contributed by atoms with E-state index in [1.54, 1.807) is 36.4 Å². The highest BCUT2D eigenvalue weighted by Crippen LogP contribution is 2.27. The minimum absolute atomic E-state index is 0.221. The van der Waals surface area contributed by atoms with Crippen LogP contribution in [0.5, 0.6) is 0 Å². The number of nitrogens with zero attached hydrogens (tertiary/aromatic N) is 1. The molecule has 0 bridgehead atoms. The minimum atomic E-state index is -3.66. The molecule has 1 aliphatic rings. The van der Waals surface area contributed by atoms with E-state index in [-0.39, 0.29) is 10.8 Å². The highest BCUT2D eigenvalue weighted by Gasteiger charge is 2.39. The fraction of sp³-hybridized carbons (Fsp3) is 0.235. The summed E-state index contributed by atoms with van der Waals surface area (Å²) in [6.07, 6.45) is 1.21. The van der Waals surface area contributed by atoms with Gasteiger partial charge in [0.15, 0.2) is 0 Å². The molecule has 0 spiro atoms. The number of carbonyl (C=O) groups is 1. The van der Waals surface area contributed by atoms with Gasteiger partial charge in [0.25, 0.3) is 0 Å². The third kappa shape index (κ3) is 3.62. The van der Waals surface area contributed by atoms with Crippen molar-refractivity contribution in [3.8, 4) is 0 Å². The van der Waals surface area contributed by atoms with Crippen LogP contribution in [-0.2, 0) is 14.8 Å². The van der Waals surface area contributed by atoms with Crippen molar-refractivity contribution in [2.45, 2.75) is 23.8 Å². The summed E-state index contributed by atoms with van der Waals surface area (Å²) in [6, 6.07) is 15.0. The molecule has 3 rings (SSSR count). The van der Waals surface area contributed by atoms with Crippen molar-refractivity contribution in [2.75, 3.05) is 11.9 Å². The molecule has 1 saturated heterocycles. The Kier molecular flexibility index (Phi) is 5.21. The Balaban J connectivity index is 1.81. The van der Waals surface area contributed by atoms with Crippen molar-refractivity contribution < 1.29 is 13.2 Å². The SMILES string of the molecule is O=C(Nc1cccc(I)c1)C1CCCN1S(=O)(=O)c1ccccc1. The molecule has 1 atom stereocenters. The Morgan fingerprint density at radius 3 is 2.58 bits per heavy atom. The second-order valence-electron chi connectivity index (χ2n) is 5.59. The number of hydrogen-bond acceptors (Lipinski definition) is 3. The molecule has 7 heteroatoms. The first-order chi connectivity index (χ1) is 11.5. The third-order valence-corrected chi connectivity index (χ3v) is 6.54. The van der Waals surface area contributed by atoms with E-state index in [1.807, 2.05) is 18.2 Å². The predicted molar refractivity (Wildman–Crippen MR) is 101 cm³/mol. The van der Waals surface area contributed by atoms with Crippen molar-refractivity contribution >= 4 is 44.2 Å². The minimum Gasteiger partial charge on any atom is -0.325 e. The topological polar surface area (TPSA) is 66.5 Å². The first kappa shape index (κ1) is 17.4. The highest BCUT2D eigenvalue weighted by molar-refractivity contribution is 14.1. The van der Waals surface area contributed by atoms with Crippen LogP contribution in [-0.4, -0.2) is 31.2 Å². The zero-order chi connectivity index (χ0) is 17.2. The summed E-state index contributed by atoms with van der Waals surface area (Å²) in [5.41, 5.74) is 0.677. The number of carbonyl (C=O) groups excluding carboxylic acids is 1. The maximum Gasteiger partial charge on any atom is 0.243 e. The standard InChI is InChI=1S/C17H17IN2O3S/c18-13-6-4-7-14(12-13)19-17(21)16-10-5-11-20(16)24(22,23)15-8-2-1-3-9-15/h1-4,6-9,12,16H,5,10-11H2,(H,19,21). The lowest BCUT2D eigenvalue weighted by Gasteiger charge is -2.23. The normalized spacial score (nSPS) is 18.5. The lowest BCUT2D eigenvalue weighted by Crippen LogP contribution is -2.43. The fourth-order valence-electron chi connectivity index (χ4n) is 2.81. The number of benzene rings is 2. The van der Waals surface area contributed by atoms with Gasteiger partial charge in [-0.1, -0.05) is 24.3 Å². The summed E-state index contributed by atoms with van der Waals surface area (Å²) < 4.78 is 27.9. The average molecular weight is 456 g/mol. The van der Waals surface area contributed by atoms with Crippen LogP contribution < -0.4 is 5.32 Å². The quantitative estimate of drug-likeness (QED) is 0.720. The molecular weight excluding hydrogens is 439 g/mol. The molecule has 0 aliphatic carbocycles. The van der Waals surface area contributed by atoms with E-state index < -0.39 is 16.1 Å². The second-order valence-corrected chi connectivity index (χ2v) is 8.72. The molecular formula is C17H17IN2O3S. The number of anilines is 1. The largest absolute Gasteiger partial charge is 0.325 e. The Morgan fingerprint density at radius 1 is 1.12 bits per heavy atom. The molecule has 126 valence electrons. The summed E-state index contributed by atoms with van der Waals surface area (Å²) in [6.45, 7) is 0.363. The van der Waals surface area contributed by atoms with Crippen molar-refractivity contribution in [3.05, 3.63) is 58.2 Å². The number of nitrogens with one attached hydrogen (secondary N) is 1. The van der Waals surface area contributed by atoms with Crippen LogP contribution in [0.15, 0.2) is 59.5 Å². The van der Waals surface area contributed by atoms with E-state index in [4.69, 9.17) is 0 Å². The van der Waals surface area contributed by atoms with Crippen LogP contribution >= 0.6 is 22.6 Å². The van der Waals surface area contributed by atoms with Crippen LogP contribution in [0.1, 0.15) is 12.8 Å². The number of halogens is 1. The van der Waals surface area contributed by atoms with E-state index >= 15 is 0 Å². The summed E-state index contributed by atoms with van der Waals surface area (Å²) in [5.74, 6) is -0.283. The maximum absolute atomic E-state index is 12.8. The van der Waals surface area contributed by atoms with Gasteiger partial charge in [0.2, 0.25) is 15.9 Å². The summed E-state index contributed by atoms with van der Waals surface area (Å²) in [7, 11) is -3.66. The van der Waals surface area contributed by atoms with Gasteiger partial charge in [-0.05, 0) is 65.8 Å². The van der Waals surface area contributed by atoms with E-state index in [0.29, 0.717) is 25.1 Å². The molecule has 1 amide bonds. The molecule has 1 heterocycles. The van der Waals surface area contributed by atoms with Crippen LogP contribution in [0.25, 0.3) is 0 Å². The number of hydrogen-bond donors (Lipinski definition) is 1. The Bertz CT molecular complexity index is 840. The Hall–Kier alpha value is -1.45. The van der Waals surface area contributed by atoms with Crippen molar-refractivity contribution in [1.29, 1.82) is 0 Å². The van der Waals surface area contributed by atoms with Gasteiger partial charge >= 0.3 is 0 Å². The van der Waals surface area contributed by atoms with Crippen molar-refractivity contribution in [2.24, 2.45) is 0 Å². The van der Waals surface area contributed by atoms with E-state index in [2.05, 4.69) is 27.9 Å². The van der Waals surface area contributed by atoms with Crippen LogP contribution in [0.3, 0.4) is 0 Å². The van der Waals surface area contributed by atoms with Crippen LogP contribution in [0.4, 0.5) is 5.69 Å².